The topological polar surface area (TPSA) is 15.3 Å². The van der Waals surface area contributed by atoms with Crippen molar-refractivity contribution in [3.05, 3.63) is 71.8 Å². The Morgan fingerprint density at radius 2 is 1.50 bits per heavy atom. The lowest BCUT2D eigenvalue weighted by Gasteiger charge is -2.51. The molecule has 2 bridgehead atoms. The van der Waals surface area contributed by atoms with Crippen molar-refractivity contribution in [2.45, 2.75) is 31.5 Å². The Balaban J connectivity index is 1.55. The fourth-order valence-corrected chi connectivity index (χ4v) is 4.22. The second-order valence-corrected chi connectivity index (χ2v) is 6.62. The summed E-state index contributed by atoms with van der Waals surface area (Å²) in [6.07, 6.45) is 2.69. The van der Waals surface area contributed by atoms with E-state index in [9.17, 15) is 0 Å². The van der Waals surface area contributed by atoms with Gasteiger partial charge in [0.1, 0.15) is 0 Å². The van der Waals surface area contributed by atoms with Crippen LogP contribution in [-0.4, -0.2) is 24.0 Å². The molecule has 3 aliphatic rings. The van der Waals surface area contributed by atoms with Crippen molar-refractivity contribution in [1.82, 2.24) is 10.2 Å². The maximum Gasteiger partial charge on any atom is 0.0504 e. The van der Waals surface area contributed by atoms with E-state index in [0.717, 1.165) is 12.5 Å². The fraction of sp³-hybridized carbons (Fsp3) is 0.400. The molecule has 0 aromatic heterocycles. The van der Waals surface area contributed by atoms with Gasteiger partial charge in [0.05, 0.1) is 6.04 Å². The lowest BCUT2D eigenvalue weighted by Crippen LogP contribution is -2.57. The molecule has 2 aromatic carbocycles. The first kappa shape index (κ1) is 14.0. The van der Waals surface area contributed by atoms with Gasteiger partial charge in [-0.1, -0.05) is 60.7 Å². The van der Waals surface area contributed by atoms with Gasteiger partial charge >= 0.3 is 0 Å². The molecule has 5 rings (SSSR count). The van der Waals surface area contributed by atoms with Crippen LogP contribution in [0.2, 0.25) is 0 Å². The van der Waals surface area contributed by atoms with Gasteiger partial charge in [0.2, 0.25) is 0 Å². The zero-order valence-corrected chi connectivity index (χ0v) is 13.0. The molecule has 114 valence electrons. The van der Waals surface area contributed by atoms with Gasteiger partial charge in [-0.3, -0.25) is 4.90 Å². The third-order valence-corrected chi connectivity index (χ3v) is 5.34. The van der Waals surface area contributed by atoms with Crippen molar-refractivity contribution in [3.63, 3.8) is 0 Å². The first-order valence-corrected chi connectivity index (χ1v) is 8.48. The highest BCUT2D eigenvalue weighted by Crippen LogP contribution is 2.40. The van der Waals surface area contributed by atoms with E-state index in [-0.39, 0.29) is 0 Å². The minimum absolute atomic E-state index is 0.539. The van der Waals surface area contributed by atoms with Crippen LogP contribution in [0.5, 0.6) is 0 Å². The number of fused-ring (bicyclic) bond motifs is 3. The van der Waals surface area contributed by atoms with Crippen molar-refractivity contribution in [1.29, 1.82) is 0 Å². The van der Waals surface area contributed by atoms with Crippen LogP contribution in [0, 0.1) is 5.92 Å². The molecule has 0 saturated carbocycles. The van der Waals surface area contributed by atoms with Crippen molar-refractivity contribution in [2.24, 2.45) is 5.92 Å². The number of nitrogens with zero attached hydrogens (tertiary/aromatic N) is 1. The molecule has 2 nitrogen and oxygen atoms in total. The highest BCUT2D eigenvalue weighted by molar-refractivity contribution is 5.24. The summed E-state index contributed by atoms with van der Waals surface area (Å²) in [6, 6.07) is 22.9. The van der Waals surface area contributed by atoms with Gasteiger partial charge in [-0.05, 0) is 43.0 Å². The van der Waals surface area contributed by atoms with E-state index < -0.39 is 0 Å². The third kappa shape index (κ3) is 2.69. The Morgan fingerprint density at radius 3 is 2.18 bits per heavy atom. The van der Waals surface area contributed by atoms with Gasteiger partial charge in [0.25, 0.3) is 0 Å². The molecule has 0 amide bonds. The van der Waals surface area contributed by atoms with E-state index in [1.807, 2.05) is 0 Å². The highest BCUT2D eigenvalue weighted by Gasteiger charge is 2.42. The van der Waals surface area contributed by atoms with Crippen LogP contribution in [0.3, 0.4) is 0 Å². The van der Waals surface area contributed by atoms with Gasteiger partial charge in [-0.25, -0.2) is 0 Å². The molecule has 0 spiro atoms. The Labute approximate surface area is 133 Å². The van der Waals surface area contributed by atoms with Crippen molar-refractivity contribution in [3.8, 4) is 0 Å². The summed E-state index contributed by atoms with van der Waals surface area (Å²) in [5.74, 6) is 0.818. The van der Waals surface area contributed by atoms with Crippen LogP contribution in [0.15, 0.2) is 60.7 Å². The smallest absolute Gasteiger partial charge is 0.0504 e. The van der Waals surface area contributed by atoms with E-state index in [0.29, 0.717) is 12.1 Å². The summed E-state index contributed by atoms with van der Waals surface area (Å²) in [6.45, 7) is 3.49. The second kappa shape index (κ2) is 6.23. The molecule has 3 aliphatic heterocycles. The number of piperidine rings is 3. The maximum absolute atomic E-state index is 3.88. The summed E-state index contributed by atoms with van der Waals surface area (Å²) in [4.78, 5) is 2.68. The van der Waals surface area contributed by atoms with Gasteiger partial charge < -0.3 is 5.32 Å². The van der Waals surface area contributed by atoms with E-state index >= 15 is 0 Å². The predicted molar refractivity (Wildman–Crippen MR) is 90.5 cm³/mol. The molecule has 2 heteroatoms. The molecule has 2 aromatic rings. The number of hydrogen-bond donors (Lipinski definition) is 1. The van der Waals surface area contributed by atoms with E-state index in [2.05, 4.69) is 70.9 Å². The molecule has 3 fully saturated rings. The monoisotopic (exact) mass is 292 g/mol. The molecule has 0 unspecified atom stereocenters. The normalized spacial score (nSPS) is 30.4. The first-order chi connectivity index (χ1) is 10.9. The molecule has 2 atom stereocenters. The summed E-state index contributed by atoms with van der Waals surface area (Å²) < 4.78 is 0. The first-order valence-electron chi connectivity index (χ1n) is 8.48. The molecule has 3 heterocycles. The summed E-state index contributed by atoms with van der Waals surface area (Å²) in [5.41, 5.74) is 2.85. The van der Waals surface area contributed by atoms with Crippen LogP contribution in [0.4, 0.5) is 0 Å². The fourth-order valence-electron chi connectivity index (χ4n) is 4.22. The van der Waals surface area contributed by atoms with Crippen LogP contribution < -0.4 is 5.32 Å². The quantitative estimate of drug-likeness (QED) is 0.926. The lowest BCUT2D eigenvalue weighted by molar-refractivity contribution is 0.0112. The van der Waals surface area contributed by atoms with Crippen molar-refractivity contribution < 1.29 is 0 Å². The lowest BCUT2D eigenvalue weighted by atomic mass is 9.76. The van der Waals surface area contributed by atoms with Crippen LogP contribution in [0.1, 0.15) is 30.0 Å². The molecule has 3 saturated heterocycles. The second-order valence-electron chi connectivity index (χ2n) is 6.62. The predicted octanol–water partition coefficient (Wildman–Crippen LogP) is 3.61. The molecule has 0 radical (unpaired) electrons. The number of hydrogen-bond acceptors (Lipinski definition) is 2. The number of benzene rings is 2. The Kier molecular flexibility index (Phi) is 3.96. The summed E-state index contributed by atoms with van der Waals surface area (Å²) in [7, 11) is 0. The average Bonchev–Trinajstić information content (AvgIpc) is 2.62. The van der Waals surface area contributed by atoms with Crippen molar-refractivity contribution >= 4 is 0 Å². The number of nitrogens with one attached hydrogen (secondary N) is 1. The van der Waals surface area contributed by atoms with Crippen LogP contribution in [0.25, 0.3) is 0 Å². The average molecular weight is 292 g/mol. The van der Waals surface area contributed by atoms with E-state index in [1.165, 1.54) is 37.1 Å². The molecule has 1 N–H and O–H groups in total. The van der Waals surface area contributed by atoms with Crippen LogP contribution in [-0.2, 0) is 6.54 Å². The minimum Gasteiger partial charge on any atom is -0.308 e. The van der Waals surface area contributed by atoms with E-state index in [4.69, 9.17) is 0 Å². The Hall–Kier alpha value is -1.64. The van der Waals surface area contributed by atoms with Gasteiger partial charge in [-0.15, -0.1) is 0 Å². The highest BCUT2D eigenvalue weighted by atomic mass is 15.2. The molecular weight excluding hydrogens is 268 g/mol. The van der Waals surface area contributed by atoms with E-state index in [1.54, 1.807) is 0 Å². The Bertz CT molecular complexity index is 588. The largest absolute Gasteiger partial charge is 0.308 e. The van der Waals surface area contributed by atoms with Gasteiger partial charge in [-0.2, -0.15) is 0 Å². The minimum atomic E-state index is 0.539. The Morgan fingerprint density at radius 1 is 0.864 bits per heavy atom. The zero-order chi connectivity index (χ0) is 14.8. The maximum atomic E-state index is 3.88. The number of rotatable bonds is 4. The molecule has 0 aliphatic carbocycles. The SMILES string of the molecule is c1ccc(CN[C@H]2C3CCN(CC3)[C@@H]2c2ccccc2)cc1. The van der Waals surface area contributed by atoms with Gasteiger partial charge in [0, 0.05) is 12.6 Å². The third-order valence-electron chi connectivity index (χ3n) is 5.34. The summed E-state index contributed by atoms with van der Waals surface area (Å²) >= 11 is 0. The standard InChI is InChI=1S/C20H24N2/c1-3-7-16(8-4-1)15-21-19-17-11-13-22(14-12-17)20(19)18-9-5-2-6-10-18/h1-10,17,19-21H,11-15H2/t19-,20+/m0/s1. The van der Waals surface area contributed by atoms with Crippen LogP contribution >= 0.6 is 0 Å². The molecule has 22 heavy (non-hydrogen) atoms. The molecular formula is C20H24N2. The zero-order valence-electron chi connectivity index (χ0n) is 13.0. The van der Waals surface area contributed by atoms with Gasteiger partial charge in [0.15, 0.2) is 0 Å². The van der Waals surface area contributed by atoms with Crippen molar-refractivity contribution in [2.75, 3.05) is 13.1 Å². The summed E-state index contributed by atoms with van der Waals surface area (Å²) in [5, 5.41) is 3.88.